The number of nitriles is 1. The zero-order chi connectivity index (χ0) is 41.3. The van der Waals surface area contributed by atoms with Gasteiger partial charge >= 0.3 is 0 Å². The van der Waals surface area contributed by atoms with Gasteiger partial charge in [0.05, 0.1) is 35.2 Å². The van der Waals surface area contributed by atoms with Gasteiger partial charge in [0.15, 0.2) is 0 Å². The van der Waals surface area contributed by atoms with Gasteiger partial charge in [0, 0.05) is 54.9 Å². The fourth-order valence-corrected chi connectivity index (χ4v) is 9.67. The molecular weight excluding hydrogens is 741 g/mol. The first-order valence-corrected chi connectivity index (χ1v) is 19.9. The van der Waals surface area contributed by atoms with Gasteiger partial charge in [-0.3, -0.25) is 34.2 Å². The zero-order valence-corrected chi connectivity index (χ0v) is 33.5. The van der Waals surface area contributed by atoms with Gasteiger partial charge in [-0.15, -0.1) is 0 Å². The Balaban J connectivity index is 0.761. The van der Waals surface area contributed by atoms with Gasteiger partial charge in [-0.1, -0.05) is 27.7 Å². The Morgan fingerprint density at radius 3 is 2.26 bits per heavy atom. The summed E-state index contributed by atoms with van der Waals surface area (Å²) in [5.41, 5.74) is 2.36. The number of rotatable bonds is 11. The minimum Gasteiger partial charge on any atom is -0.490 e. The standard InChI is InChI=1S/C43H48N8O7/c1-22-11-27(12-23(2)31(22)16-44)58-41-42(3,4)40(43(41,5)6)49-36(53)32-18-47-34(19-46-32)50-20-24(21-50)17-45-25-13-28(14-25)57-26-7-8-29-30(15-26)39(56)51(38(29)55)33-9-10-35(52)48-37(33)54/h7-8,11-12,15,18-19,24-25,28,33,40-41,45H,9-10,13-14,17,20-21H2,1-6H3,(H,49,53)(H,48,52,54). The number of aryl methyl sites for hydroxylation is 2. The van der Waals surface area contributed by atoms with Gasteiger partial charge in [0.2, 0.25) is 11.8 Å². The molecule has 1 atom stereocenters. The number of fused-ring (bicyclic) bond motifs is 1. The summed E-state index contributed by atoms with van der Waals surface area (Å²) in [5, 5.41) is 18.5. The third kappa shape index (κ3) is 6.82. The van der Waals surface area contributed by atoms with E-state index in [0.717, 1.165) is 60.1 Å². The van der Waals surface area contributed by atoms with Gasteiger partial charge in [-0.25, -0.2) is 9.97 Å². The molecule has 15 nitrogen and oxygen atoms in total. The van der Waals surface area contributed by atoms with Crippen molar-refractivity contribution in [2.45, 2.75) is 97.6 Å². The second kappa shape index (κ2) is 14.5. The highest BCUT2D eigenvalue weighted by atomic mass is 16.5. The zero-order valence-electron chi connectivity index (χ0n) is 33.5. The van der Waals surface area contributed by atoms with Crippen LogP contribution in [0.5, 0.6) is 11.5 Å². The first-order valence-electron chi connectivity index (χ1n) is 19.9. The number of nitrogens with one attached hydrogen (secondary N) is 3. The van der Waals surface area contributed by atoms with E-state index in [1.54, 1.807) is 24.4 Å². The summed E-state index contributed by atoms with van der Waals surface area (Å²) in [7, 11) is 0. The number of amides is 5. The highest BCUT2D eigenvalue weighted by Gasteiger charge is 2.64. The Bertz CT molecular complexity index is 2220. The van der Waals surface area contributed by atoms with E-state index in [0.29, 0.717) is 23.3 Å². The van der Waals surface area contributed by atoms with Crippen LogP contribution in [0.25, 0.3) is 0 Å². The summed E-state index contributed by atoms with van der Waals surface area (Å²) in [5.74, 6) is -0.0504. The molecule has 3 aliphatic heterocycles. The monoisotopic (exact) mass is 788 g/mol. The molecule has 2 aliphatic carbocycles. The Morgan fingerprint density at radius 2 is 1.62 bits per heavy atom. The largest absolute Gasteiger partial charge is 0.490 e. The number of aromatic nitrogens is 2. The molecule has 0 spiro atoms. The molecule has 3 aromatic rings. The lowest BCUT2D eigenvalue weighted by Gasteiger charge is -2.63. The molecule has 2 aromatic carbocycles. The van der Waals surface area contributed by atoms with E-state index >= 15 is 0 Å². The maximum atomic E-state index is 13.4. The van der Waals surface area contributed by atoms with Crippen molar-refractivity contribution in [1.29, 1.82) is 5.26 Å². The topological polar surface area (TPSA) is 196 Å². The number of hydrogen-bond acceptors (Lipinski definition) is 12. The number of imide groups is 2. The van der Waals surface area contributed by atoms with Crippen LogP contribution in [0.3, 0.4) is 0 Å². The summed E-state index contributed by atoms with van der Waals surface area (Å²) >= 11 is 0. The van der Waals surface area contributed by atoms with Crippen molar-refractivity contribution < 1.29 is 33.4 Å². The smallest absolute Gasteiger partial charge is 0.271 e. The first kappa shape index (κ1) is 39.0. The van der Waals surface area contributed by atoms with Crippen LogP contribution in [-0.4, -0.2) is 94.4 Å². The summed E-state index contributed by atoms with van der Waals surface area (Å²) in [6.45, 7) is 14.7. The van der Waals surface area contributed by atoms with Crippen molar-refractivity contribution in [3.8, 4) is 17.6 Å². The molecule has 2 saturated carbocycles. The number of piperidine rings is 1. The third-order valence-corrected chi connectivity index (χ3v) is 12.6. The lowest BCUT2D eigenvalue weighted by atomic mass is 9.49. The molecular formula is C43H48N8O7. The molecule has 15 heteroatoms. The van der Waals surface area contributed by atoms with Gasteiger partial charge in [0.25, 0.3) is 17.7 Å². The van der Waals surface area contributed by atoms with E-state index in [1.165, 1.54) is 6.20 Å². The predicted octanol–water partition coefficient (Wildman–Crippen LogP) is 3.61. The van der Waals surface area contributed by atoms with Crippen LogP contribution < -0.4 is 30.3 Å². The fraction of sp³-hybridized carbons (Fsp3) is 0.488. The van der Waals surface area contributed by atoms with E-state index < -0.39 is 29.7 Å². The molecule has 3 N–H and O–H groups in total. The quantitative estimate of drug-likeness (QED) is 0.239. The summed E-state index contributed by atoms with van der Waals surface area (Å²) in [4.78, 5) is 75.5. The molecule has 1 unspecified atom stereocenters. The third-order valence-electron chi connectivity index (χ3n) is 12.6. The Labute approximate surface area is 336 Å². The van der Waals surface area contributed by atoms with E-state index in [-0.39, 0.29) is 64.6 Å². The van der Waals surface area contributed by atoms with Crippen LogP contribution >= 0.6 is 0 Å². The average molecular weight is 789 g/mol. The minimum absolute atomic E-state index is 0.0309. The molecule has 58 heavy (non-hydrogen) atoms. The van der Waals surface area contributed by atoms with Gasteiger partial charge < -0.3 is 25.0 Å². The van der Waals surface area contributed by atoms with Gasteiger partial charge in [0.1, 0.15) is 41.3 Å². The second-order valence-electron chi connectivity index (χ2n) is 17.6. The van der Waals surface area contributed by atoms with Gasteiger partial charge in [-0.05, 0) is 74.6 Å². The molecule has 4 fully saturated rings. The Morgan fingerprint density at radius 1 is 0.931 bits per heavy atom. The summed E-state index contributed by atoms with van der Waals surface area (Å²) in [6, 6.07) is 9.98. The fourth-order valence-electron chi connectivity index (χ4n) is 9.67. The molecule has 0 radical (unpaired) electrons. The number of carbonyl (C=O) groups excluding carboxylic acids is 5. The summed E-state index contributed by atoms with van der Waals surface area (Å²) < 4.78 is 12.6. The second-order valence-corrected chi connectivity index (χ2v) is 17.6. The molecule has 1 aromatic heterocycles. The number of ether oxygens (including phenoxy) is 2. The Kier molecular flexibility index (Phi) is 9.74. The molecule has 2 saturated heterocycles. The number of hydrogen-bond donors (Lipinski definition) is 3. The van der Waals surface area contributed by atoms with Crippen molar-refractivity contribution in [3.63, 3.8) is 0 Å². The van der Waals surface area contributed by atoms with Crippen molar-refractivity contribution in [2.24, 2.45) is 16.7 Å². The average Bonchev–Trinajstić information content (AvgIpc) is 3.38. The molecule has 5 aliphatic rings. The number of carbonyl (C=O) groups is 5. The molecule has 302 valence electrons. The van der Waals surface area contributed by atoms with Gasteiger partial charge in [-0.2, -0.15) is 5.26 Å². The first-order chi connectivity index (χ1) is 27.5. The molecule has 4 heterocycles. The van der Waals surface area contributed by atoms with Crippen molar-refractivity contribution in [1.82, 2.24) is 30.8 Å². The SMILES string of the molecule is Cc1cc(OC2C(C)(C)C(NC(=O)c3cnc(N4CC(CNC5CC(Oc6ccc7c(c6)C(=O)N(C6CCC(=O)NC6=O)C7=O)C5)C4)cn3)C2(C)C)cc(C)c1C#N. The number of anilines is 1. The van der Waals surface area contributed by atoms with Crippen LogP contribution in [0.4, 0.5) is 5.82 Å². The number of benzene rings is 2. The summed E-state index contributed by atoms with van der Waals surface area (Å²) in [6.07, 6.45) is 4.77. The predicted molar refractivity (Wildman–Crippen MR) is 210 cm³/mol. The van der Waals surface area contributed by atoms with Crippen LogP contribution in [0.15, 0.2) is 42.7 Å². The highest BCUT2D eigenvalue weighted by Crippen LogP contribution is 2.55. The maximum absolute atomic E-state index is 13.4. The lowest BCUT2D eigenvalue weighted by molar-refractivity contribution is -0.164. The normalized spacial score (nSPS) is 25.8. The van der Waals surface area contributed by atoms with E-state index in [2.05, 4.69) is 64.6 Å². The highest BCUT2D eigenvalue weighted by molar-refractivity contribution is 6.23. The molecule has 0 bridgehead atoms. The van der Waals surface area contributed by atoms with E-state index in [1.807, 2.05) is 26.0 Å². The van der Waals surface area contributed by atoms with Crippen molar-refractivity contribution in [3.05, 3.63) is 76.2 Å². The van der Waals surface area contributed by atoms with Crippen LogP contribution in [0.1, 0.15) is 101 Å². The number of nitrogens with zero attached hydrogens (tertiary/aromatic N) is 5. The molecule has 5 amide bonds. The minimum atomic E-state index is -1.01. The van der Waals surface area contributed by atoms with Crippen LogP contribution in [0.2, 0.25) is 0 Å². The van der Waals surface area contributed by atoms with Crippen LogP contribution in [-0.2, 0) is 9.59 Å². The molecule has 8 rings (SSSR count). The van der Waals surface area contributed by atoms with Crippen molar-refractivity contribution in [2.75, 3.05) is 24.5 Å². The van der Waals surface area contributed by atoms with Crippen molar-refractivity contribution >= 4 is 35.4 Å². The Hall–Kier alpha value is -5.88. The van der Waals surface area contributed by atoms with E-state index in [4.69, 9.17) is 9.47 Å². The van der Waals surface area contributed by atoms with E-state index in [9.17, 15) is 29.2 Å². The maximum Gasteiger partial charge on any atom is 0.271 e. The lowest BCUT2D eigenvalue weighted by Crippen LogP contribution is -2.74. The van der Waals surface area contributed by atoms with Crippen LogP contribution in [0, 0.1) is 41.9 Å².